The van der Waals surface area contributed by atoms with Crippen molar-refractivity contribution in [2.45, 2.75) is 45.2 Å². The van der Waals surface area contributed by atoms with E-state index in [0.717, 1.165) is 19.0 Å². The van der Waals surface area contributed by atoms with Crippen molar-refractivity contribution in [2.75, 3.05) is 27.2 Å². The first kappa shape index (κ1) is 14.8. The fourth-order valence-corrected chi connectivity index (χ4v) is 3.56. The number of rotatable bonds is 5. The molecule has 110 valence electrons. The number of nitrogens with one attached hydrogen (secondary N) is 2. The Labute approximate surface area is 117 Å². The van der Waals surface area contributed by atoms with Gasteiger partial charge in [0.15, 0.2) is 0 Å². The first-order valence-corrected chi connectivity index (χ1v) is 7.67. The molecule has 1 heterocycles. The van der Waals surface area contributed by atoms with Gasteiger partial charge in [0, 0.05) is 12.6 Å². The van der Waals surface area contributed by atoms with Crippen LogP contribution in [0.4, 0.5) is 0 Å². The summed E-state index contributed by atoms with van der Waals surface area (Å²) in [6, 6.07) is 0.292. The van der Waals surface area contributed by atoms with Gasteiger partial charge in [0.1, 0.15) is 0 Å². The molecule has 0 aromatic carbocycles. The SMILES string of the molecule is CC(C)C(CN(C)C)NC(=O)C1NCC2CCCC21. The third-order valence-electron chi connectivity index (χ3n) is 4.72. The lowest BCUT2D eigenvalue weighted by atomic mass is 9.93. The van der Waals surface area contributed by atoms with Crippen LogP contribution < -0.4 is 10.6 Å². The molecule has 0 spiro atoms. The molecule has 0 bridgehead atoms. The van der Waals surface area contributed by atoms with Crippen molar-refractivity contribution in [3.05, 3.63) is 0 Å². The number of amides is 1. The summed E-state index contributed by atoms with van der Waals surface area (Å²) >= 11 is 0. The van der Waals surface area contributed by atoms with Crippen molar-refractivity contribution in [3.8, 4) is 0 Å². The zero-order valence-corrected chi connectivity index (χ0v) is 12.8. The maximum absolute atomic E-state index is 12.5. The van der Waals surface area contributed by atoms with E-state index in [4.69, 9.17) is 0 Å². The predicted octanol–water partition coefficient (Wildman–Crippen LogP) is 1.08. The highest BCUT2D eigenvalue weighted by atomic mass is 16.2. The maximum Gasteiger partial charge on any atom is 0.237 e. The largest absolute Gasteiger partial charge is 0.350 e. The molecular weight excluding hydrogens is 238 g/mol. The Morgan fingerprint density at radius 2 is 2.11 bits per heavy atom. The number of carbonyl (C=O) groups is 1. The third-order valence-corrected chi connectivity index (χ3v) is 4.72. The van der Waals surface area contributed by atoms with Gasteiger partial charge in [-0.1, -0.05) is 20.3 Å². The van der Waals surface area contributed by atoms with Gasteiger partial charge >= 0.3 is 0 Å². The van der Waals surface area contributed by atoms with Crippen LogP contribution >= 0.6 is 0 Å². The molecule has 1 amide bonds. The van der Waals surface area contributed by atoms with Crippen molar-refractivity contribution in [1.82, 2.24) is 15.5 Å². The summed E-state index contributed by atoms with van der Waals surface area (Å²) in [5.74, 6) is 2.00. The number of hydrogen-bond donors (Lipinski definition) is 2. The minimum absolute atomic E-state index is 0.0518. The molecule has 1 saturated carbocycles. The summed E-state index contributed by atoms with van der Waals surface area (Å²) < 4.78 is 0. The zero-order valence-electron chi connectivity index (χ0n) is 12.8. The Morgan fingerprint density at radius 1 is 1.37 bits per heavy atom. The van der Waals surface area contributed by atoms with Gasteiger partial charge in [-0.15, -0.1) is 0 Å². The van der Waals surface area contributed by atoms with Crippen LogP contribution in [0.1, 0.15) is 33.1 Å². The zero-order chi connectivity index (χ0) is 14.0. The van der Waals surface area contributed by atoms with Gasteiger partial charge in [0.2, 0.25) is 5.91 Å². The third kappa shape index (κ3) is 3.48. The van der Waals surface area contributed by atoms with Crippen LogP contribution in [0, 0.1) is 17.8 Å². The lowest BCUT2D eigenvalue weighted by Gasteiger charge is -2.28. The van der Waals surface area contributed by atoms with Crippen LogP contribution in [0.5, 0.6) is 0 Å². The van der Waals surface area contributed by atoms with Gasteiger partial charge in [-0.3, -0.25) is 4.79 Å². The Bertz CT molecular complexity index is 317. The summed E-state index contributed by atoms with van der Waals surface area (Å²) in [7, 11) is 4.12. The first-order valence-electron chi connectivity index (χ1n) is 7.67. The normalized spacial score (nSPS) is 31.8. The molecule has 2 rings (SSSR count). The molecule has 4 heteroatoms. The summed E-state index contributed by atoms with van der Waals surface area (Å²) in [6.07, 6.45) is 3.81. The number of carbonyl (C=O) groups excluding carboxylic acids is 1. The van der Waals surface area contributed by atoms with Crippen molar-refractivity contribution in [3.63, 3.8) is 0 Å². The molecule has 1 aliphatic carbocycles. The van der Waals surface area contributed by atoms with Gasteiger partial charge in [-0.25, -0.2) is 0 Å². The van der Waals surface area contributed by atoms with Crippen molar-refractivity contribution in [2.24, 2.45) is 17.8 Å². The summed E-state index contributed by atoms with van der Waals surface area (Å²) in [5, 5.41) is 6.69. The van der Waals surface area contributed by atoms with Crippen molar-refractivity contribution >= 4 is 5.91 Å². The second-order valence-corrected chi connectivity index (χ2v) is 6.86. The van der Waals surface area contributed by atoms with Crippen LogP contribution in [0.3, 0.4) is 0 Å². The standard InChI is InChI=1S/C15H29N3O/c1-10(2)13(9-18(3)4)17-15(19)14-12-7-5-6-11(12)8-16-14/h10-14,16H,5-9H2,1-4H3,(H,17,19). The van der Waals surface area contributed by atoms with Gasteiger partial charge in [0.05, 0.1) is 6.04 Å². The molecule has 4 atom stereocenters. The van der Waals surface area contributed by atoms with E-state index in [1.807, 2.05) is 0 Å². The van der Waals surface area contributed by atoms with Crippen LogP contribution in [0.2, 0.25) is 0 Å². The Balaban J connectivity index is 1.91. The summed E-state index contributed by atoms with van der Waals surface area (Å²) in [6.45, 7) is 6.29. The van der Waals surface area contributed by atoms with Gasteiger partial charge in [-0.2, -0.15) is 0 Å². The lowest BCUT2D eigenvalue weighted by molar-refractivity contribution is -0.124. The maximum atomic E-state index is 12.5. The molecule has 2 fully saturated rings. The molecule has 4 nitrogen and oxygen atoms in total. The smallest absolute Gasteiger partial charge is 0.237 e. The second kappa shape index (κ2) is 6.23. The highest BCUT2D eigenvalue weighted by Gasteiger charge is 2.42. The molecule has 2 N–H and O–H groups in total. The molecule has 0 aromatic rings. The fourth-order valence-electron chi connectivity index (χ4n) is 3.56. The number of hydrogen-bond acceptors (Lipinski definition) is 3. The van der Waals surface area contributed by atoms with E-state index < -0.39 is 0 Å². The first-order chi connectivity index (χ1) is 8.99. The monoisotopic (exact) mass is 267 g/mol. The predicted molar refractivity (Wildman–Crippen MR) is 77.9 cm³/mol. The van der Waals surface area contributed by atoms with Crippen LogP contribution in [0.15, 0.2) is 0 Å². The quantitative estimate of drug-likeness (QED) is 0.783. The Kier molecular flexibility index (Phi) is 4.85. The van der Waals surface area contributed by atoms with E-state index in [1.165, 1.54) is 19.3 Å². The van der Waals surface area contributed by atoms with E-state index in [-0.39, 0.29) is 18.0 Å². The Hall–Kier alpha value is -0.610. The molecular formula is C15H29N3O. The highest BCUT2D eigenvalue weighted by molar-refractivity contribution is 5.83. The molecule has 0 aromatic heterocycles. The Morgan fingerprint density at radius 3 is 2.74 bits per heavy atom. The van der Waals surface area contributed by atoms with Crippen molar-refractivity contribution < 1.29 is 4.79 Å². The highest BCUT2D eigenvalue weighted by Crippen LogP contribution is 2.37. The molecule has 4 unspecified atom stereocenters. The topological polar surface area (TPSA) is 44.4 Å². The molecule has 2 aliphatic rings. The van der Waals surface area contributed by atoms with Crippen molar-refractivity contribution in [1.29, 1.82) is 0 Å². The van der Waals surface area contributed by atoms with E-state index in [1.54, 1.807) is 0 Å². The lowest BCUT2D eigenvalue weighted by Crippen LogP contribution is -2.52. The number of fused-ring (bicyclic) bond motifs is 1. The minimum atomic E-state index is 0.0518. The molecule has 0 radical (unpaired) electrons. The van der Waals surface area contributed by atoms with E-state index in [2.05, 4.69) is 43.5 Å². The number of nitrogens with zero attached hydrogens (tertiary/aromatic N) is 1. The molecule has 1 saturated heterocycles. The van der Waals surface area contributed by atoms with Gasteiger partial charge < -0.3 is 15.5 Å². The fraction of sp³-hybridized carbons (Fsp3) is 0.933. The molecule has 1 aliphatic heterocycles. The summed E-state index contributed by atoms with van der Waals surface area (Å²) in [4.78, 5) is 14.6. The second-order valence-electron chi connectivity index (χ2n) is 6.86. The van der Waals surface area contributed by atoms with Crippen LogP contribution in [-0.2, 0) is 4.79 Å². The summed E-state index contributed by atoms with van der Waals surface area (Å²) in [5.41, 5.74) is 0. The van der Waals surface area contributed by atoms with Gasteiger partial charge in [-0.05, 0) is 51.2 Å². The van der Waals surface area contributed by atoms with Crippen LogP contribution in [0.25, 0.3) is 0 Å². The minimum Gasteiger partial charge on any atom is -0.350 e. The molecule has 19 heavy (non-hydrogen) atoms. The van der Waals surface area contributed by atoms with E-state index in [0.29, 0.717) is 11.8 Å². The van der Waals surface area contributed by atoms with E-state index in [9.17, 15) is 4.79 Å². The number of likely N-dealkylation sites (N-methyl/N-ethyl adjacent to an activating group) is 1. The average Bonchev–Trinajstić information content (AvgIpc) is 2.88. The van der Waals surface area contributed by atoms with E-state index >= 15 is 0 Å². The van der Waals surface area contributed by atoms with Gasteiger partial charge in [0.25, 0.3) is 0 Å². The average molecular weight is 267 g/mol. The van der Waals surface area contributed by atoms with Crippen LogP contribution in [-0.4, -0.2) is 50.1 Å².